The van der Waals surface area contributed by atoms with Crippen LogP contribution in [0.4, 0.5) is 11.4 Å². The first-order valence-corrected chi connectivity index (χ1v) is 5.53. The maximum Gasteiger partial charge on any atom is 0.224 e. The Morgan fingerprint density at radius 3 is 2.82 bits per heavy atom. The van der Waals surface area contributed by atoms with Gasteiger partial charge in [-0.2, -0.15) is 5.26 Å². The average molecular weight is 229 g/mol. The summed E-state index contributed by atoms with van der Waals surface area (Å²) < 4.78 is 0. The van der Waals surface area contributed by atoms with Crippen LogP contribution in [0.1, 0.15) is 26.3 Å². The minimum absolute atomic E-state index is 0.0190. The van der Waals surface area contributed by atoms with E-state index in [0.717, 1.165) is 11.4 Å². The lowest BCUT2D eigenvalue weighted by Gasteiger charge is -2.40. The number of nitrogens with one attached hydrogen (secondary N) is 1. The SMILES string of the molecule is CC(=O)N1CC(C)(C)Nc2cc(C#N)ccc21. The largest absolute Gasteiger partial charge is 0.377 e. The van der Waals surface area contributed by atoms with E-state index in [9.17, 15) is 4.79 Å². The molecule has 2 rings (SSSR count). The number of benzene rings is 1. The highest BCUT2D eigenvalue weighted by atomic mass is 16.2. The van der Waals surface area contributed by atoms with E-state index in [0.29, 0.717) is 12.1 Å². The van der Waals surface area contributed by atoms with Crippen LogP contribution in [0.25, 0.3) is 0 Å². The summed E-state index contributed by atoms with van der Waals surface area (Å²) in [7, 11) is 0. The van der Waals surface area contributed by atoms with Gasteiger partial charge in [0.1, 0.15) is 0 Å². The van der Waals surface area contributed by atoms with Crippen LogP contribution in [-0.4, -0.2) is 18.0 Å². The molecule has 1 aromatic rings. The predicted molar refractivity (Wildman–Crippen MR) is 66.9 cm³/mol. The standard InChI is InChI=1S/C13H15N3O/c1-9(17)16-8-13(2,3)15-11-6-10(7-14)4-5-12(11)16/h4-6,15H,8H2,1-3H3. The van der Waals surface area contributed by atoms with Gasteiger partial charge in [0.25, 0.3) is 0 Å². The maximum atomic E-state index is 11.6. The Labute approximate surface area is 101 Å². The monoisotopic (exact) mass is 229 g/mol. The fourth-order valence-electron chi connectivity index (χ4n) is 2.11. The lowest BCUT2D eigenvalue weighted by atomic mass is 9.98. The van der Waals surface area contributed by atoms with Gasteiger partial charge in [0.05, 0.1) is 23.0 Å². The molecule has 88 valence electrons. The molecular formula is C13H15N3O. The van der Waals surface area contributed by atoms with E-state index < -0.39 is 0 Å². The van der Waals surface area contributed by atoms with Gasteiger partial charge in [-0.3, -0.25) is 4.79 Å². The third-order valence-corrected chi connectivity index (χ3v) is 2.82. The number of fused-ring (bicyclic) bond motifs is 1. The van der Waals surface area contributed by atoms with Crippen molar-refractivity contribution in [3.8, 4) is 6.07 Å². The fourth-order valence-corrected chi connectivity index (χ4v) is 2.11. The lowest BCUT2D eigenvalue weighted by molar-refractivity contribution is -0.116. The summed E-state index contributed by atoms with van der Waals surface area (Å²) in [6, 6.07) is 7.44. The summed E-state index contributed by atoms with van der Waals surface area (Å²) >= 11 is 0. The van der Waals surface area contributed by atoms with E-state index in [4.69, 9.17) is 5.26 Å². The molecule has 17 heavy (non-hydrogen) atoms. The number of nitriles is 1. The summed E-state index contributed by atoms with van der Waals surface area (Å²) in [5.74, 6) is 0.0190. The Kier molecular flexibility index (Phi) is 2.55. The summed E-state index contributed by atoms with van der Waals surface area (Å²) in [5, 5.41) is 12.2. The predicted octanol–water partition coefficient (Wildman–Crippen LogP) is 2.12. The second kappa shape index (κ2) is 3.77. The molecule has 1 aromatic carbocycles. The number of anilines is 2. The smallest absolute Gasteiger partial charge is 0.224 e. The summed E-state index contributed by atoms with van der Waals surface area (Å²) in [6.07, 6.45) is 0. The molecule has 1 aliphatic rings. The van der Waals surface area contributed by atoms with Crippen molar-refractivity contribution < 1.29 is 4.79 Å². The first-order valence-electron chi connectivity index (χ1n) is 5.53. The van der Waals surface area contributed by atoms with Crippen molar-refractivity contribution >= 4 is 17.3 Å². The molecule has 0 spiro atoms. The Balaban J connectivity index is 2.53. The maximum absolute atomic E-state index is 11.6. The number of rotatable bonds is 0. The van der Waals surface area contributed by atoms with Crippen LogP contribution in [0, 0.1) is 11.3 Å². The molecular weight excluding hydrogens is 214 g/mol. The molecule has 0 atom stereocenters. The number of carbonyl (C=O) groups is 1. The minimum atomic E-state index is -0.188. The third-order valence-electron chi connectivity index (χ3n) is 2.82. The van der Waals surface area contributed by atoms with Gasteiger partial charge < -0.3 is 10.2 Å². The van der Waals surface area contributed by atoms with Gasteiger partial charge >= 0.3 is 0 Å². The highest BCUT2D eigenvalue weighted by Gasteiger charge is 2.31. The van der Waals surface area contributed by atoms with E-state index in [1.165, 1.54) is 0 Å². The zero-order valence-corrected chi connectivity index (χ0v) is 10.2. The van der Waals surface area contributed by atoms with Crippen LogP contribution < -0.4 is 10.2 Å². The lowest BCUT2D eigenvalue weighted by Crippen LogP contribution is -2.50. The van der Waals surface area contributed by atoms with Crippen molar-refractivity contribution in [1.29, 1.82) is 5.26 Å². The summed E-state index contributed by atoms with van der Waals surface area (Å²) in [5.41, 5.74) is 2.09. The second-order valence-corrected chi connectivity index (χ2v) is 4.96. The van der Waals surface area contributed by atoms with Crippen molar-refractivity contribution in [2.24, 2.45) is 0 Å². The third kappa shape index (κ3) is 2.09. The van der Waals surface area contributed by atoms with Crippen molar-refractivity contribution in [3.63, 3.8) is 0 Å². The molecule has 4 nitrogen and oxygen atoms in total. The highest BCUT2D eigenvalue weighted by Crippen LogP contribution is 2.35. The number of carbonyl (C=O) groups excluding carboxylic acids is 1. The Morgan fingerprint density at radius 2 is 2.24 bits per heavy atom. The number of amides is 1. The number of hydrogen-bond donors (Lipinski definition) is 1. The molecule has 1 aliphatic heterocycles. The van der Waals surface area contributed by atoms with Gasteiger partial charge in [0, 0.05) is 19.0 Å². The quantitative estimate of drug-likeness (QED) is 0.741. The molecule has 0 saturated carbocycles. The Hall–Kier alpha value is -2.02. The van der Waals surface area contributed by atoms with E-state index in [1.54, 1.807) is 24.0 Å². The topological polar surface area (TPSA) is 56.1 Å². The molecule has 0 aliphatic carbocycles. The van der Waals surface area contributed by atoms with Crippen LogP contribution >= 0.6 is 0 Å². The first kappa shape index (κ1) is 11.5. The highest BCUT2D eigenvalue weighted by molar-refractivity contribution is 5.97. The van der Waals surface area contributed by atoms with Gasteiger partial charge in [0.15, 0.2) is 0 Å². The van der Waals surface area contributed by atoms with Crippen molar-refractivity contribution in [3.05, 3.63) is 23.8 Å². The molecule has 0 bridgehead atoms. The van der Waals surface area contributed by atoms with Crippen molar-refractivity contribution in [1.82, 2.24) is 0 Å². The van der Waals surface area contributed by atoms with Crippen molar-refractivity contribution in [2.75, 3.05) is 16.8 Å². The fraction of sp³-hybridized carbons (Fsp3) is 0.385. The molecule has 4 heteroatoms. The molecule has 1 N–H and O–H groups in total. The van der Waals surface area contributed by atoms with Crippen LogP contribution in [0.3, 0.4) is 0 Å². The van der Waals surface area contributed by atoms with E-state index >= 15 is 0 Å². The number of hydrogen-bond acceptors (Lipinski definition) is 3. The van der Waals surface area contributed by atoms with Gasteiger partial charge in [-0.15, -0.1) is 0 Å². The molecule has 0 radical (unpaired) electrons. The first-order chi connectivity index (χ1) is 7.93. The molecule has 1 amide bonds. The van der Waals surface area contributed by atoms with Crippen molar-refractivity contribution in [2.45, 2.75) is 26.3 Å². The minimum Gasteiger partial charge on any atom is -0.377 e. The van der Waals surface area contributed by atoms with Crippen LogP contribution in [0.5, 0.6) is 0 Å². The van der Waals surface area contributed by atoms with Gasteiger partial charge in [-0.05, 0) is 32.0 Å². The van der Waals surface area contributed by atoms with Gasteiger partial charge in [-0.25, -0.2) is 0 Å². The van der Waals surface area contributed by atoms with E-state index in [-0.39, 0.29) is 11.4 Å². The van der Waals surface area contributed by atoms with E-state index in [2.05, 4.69) is 11.4 Å². The number of nitrogens with zero attached hydrogens (tertiary/aromatic N) is 2. The van der Waals surface area contributed by atoms with Crippen LogP contribution in [0.15, 0.2) is 18.2 Å². The van der Waals surface area contributed by atoms with E-state index in [1.807, 2.05) is 19.9 Å². The average Bonchev–Trinajstić information content (AvgIpc) is 2.25. The molecule has 1 heterocycles. The zero-order valence-electron chi connectivity index (χ0n) is 10.2. The van der Waals surface area contributed by atoms with Gasteiger partial charge in [0.2, 0.25) is 5.91 Å². The second-order valence-electron chi connectivity index (χ2n) is 4.96. The normalized spacial score (nSPS) is 16.7. The molecule has 0 fully saturated rings. The molecule has 0 aromatic heterocycles. The molecule has 0 saturated heterocycles. The summed E-state index contributed by atoms with van der Waals surface area (Å²) in [4.78, 5) is 13.4. The van der Waals surface area contributed by atoms with Crippen LogP contribution in [0.2, 0.25) is 0 Å². The van der Waals surface area contributed by atoms with Crippen LogP contribution in [-0.2, 0) is 4.79 Å². The molecule has 0 unspecified atom stereocenters. The Morgan fingerprint density at radius 1 is 1.53 bits per heavy atom. The zero-order chi connectivity index (χ0) is 12.6. The Bertz CT molecular complexity index is 514. The van der Waals surface area contributed by atoms with Gasteiger partial charge in [-0.1, -0.05) is 0 Å². The summed E-state index contributed by atoms with van der Waals surface area (Å²) in [6.45, 7) is 6.25.